The molecule has 14 atom stereocenters. The number of allylic oxidation sites excluding steroid dienone is 2. The van der Waals surface area contributed by atoms with E-state index in [4.69, 9.17) is 18.9 Å². The number of esters is 1. The van der Waals surface area contributed by atoms with Gasteiger partial charge in [0.15, 0.2) is 6.29 Å². The quantitative estimate of drug-likeness (QED) is 0.116. The lowest BCUT2D eigenvalue weighted by molar-refractivity contribution is -0.297. The Kier molecular flexibility index (Phi) is 10.3. The highest BCUT2D eigenvalue weighted by atomic mass is 16.7. The van der Waals surface area contributed by atoms with E-state index in [1.54, 1.807) is 0 Å². The number of aliphatic hydroxyl groups is 4. The number of ether oxygens (including phenoxy) is 4. The molecule has 288 valence electrons. The van der Waals surface area contributed by atoms with Crippen LogP contribution in [0.3, 0.4) is 0 Å². The molecule has 11 heteroatoms. The molecule has 0 aromatic rings. The SMILES string of the molecule is CC1(C)CC[C@]2(C(=O)O[C@H]3O[C@@H](CO)[C@H](O)[C@@H](O)[C@@H]3O)CC[C@]3(C)C(=CC[C@@H]4[C@@]5(C)CC[C@H](O[C@H](C=O)OCC=O)C(C)(C)[C@H]5CC[C@]43C)[C@H]2C1. The molecule has 0 spiro atoms. The van der Waals surface area contributed by atoms with E-state index in [1.807, 2.05) is 0 Å². The van der Waals surface area contributed by atoms with Crippen LogP contribution in [0.25, 0.3) is 0 Å². The van der Waals surface area contributed by atoms with Crippen LogP contribution in [0.15, 0.2) is 11.6 Å². The maximum atomic E-state index is 14.5. The highest BCUT2D eigenvalue weighted by Crippen LogP contribution is 2.76. The first-order chi connectivity index (χ1) is 23.8. The van der Waals surface area contributed by atoms with E-state index in [0.29, 0.717) is 37.2 Å². The lowest BCUT2D eigenvalue weighted by Gasteiger charge is -2.71. The van der Waals surface area contributed by atoms with Crippen LogP contribution in [-0.4, -0.2) is 95.3 Å². The summed E-state index contributed by atoms with van der Waals surface area (Å²) in [7, 11) is 0. The second-order valence-corrected chi connectivity index (χ2v) is 19.0. The van der Waals surface area contributed by atoms with Crippen LogP contribution in [0.2, 0.25) is 0 Å². The zero-order valence-corrected chi connectivity index (χ0v) is 31.6. The Bertz CT molecular complexity index is 1380. The number of fused-ring (bicyclic) bond motifs is 7. The van der Waals surface area contributed by atoms with E-state index in [-0.39, 0.29) is 45.7 Å². The summed E-state index contributed by atoms with van der Waals surface area (Å²) in [4.78, 5) is 37.2. The van der Waals surface area contributed by atoms with Crippen molar-refractivity contribution < 1.29 is 53.8 Å². The molecule has 4 saturated carbocycles. The minimum atomic E-state index is -1.64. The van der Waals surface area contributed by atoms with Gasteiger partial charge in [0.1, 0.15) is 37.3 Å². The van der Waals surface area contributed by atoms with Gasteiger partial charge in [-0.2, -0.15) is 0 Å². The van der Waals surface area contributed by atoms with Crippen molar-refractivity contribution in [2.45, 2.75) is 156 Å². The third kappa shape index (κ3) is 6.00. The second-order valence-electron chi connectivity index (χ2n) is 19.0. The lowest BCUT2D eigenvalue weighted by atomic mass is 9.33. The van der Waals surface area contributed by atoms with Crippen LogP contribution < -0.4 is 0 Å². The Morgan fingerprint density at radius 1 is 0.922 bits per heavy atom. The Hall–Kier alpha value is -1.73. The number of carbonyl (C=O) groups is 3. The molecule has 0 aromatic carbocycles. The molecule has 5 aliphatic carbocycles. The van der Waals surface area contributed by atoms with E-state index in [0.717, 1.165) is 51.4 Å². The molecule has 6 aliphatic rings. The van der Waals surface area contributed by atoms with Crippen LogP contribution in [0.4, 0.5) is 0 Å². The average Bonchev–Trinajstić information content (AvgIpc) is 3.07. The molecule has 0 amide bonds. The summed E-state index contributed by atoms with van der Waals surface area (Å²) in [6.45, 7) is 15.7. The van der Waals surface area contributed by atoms with E-state index in [2.05, 4.69) is 54.5 Å². The zero-order valence-electron chi connectivity index (χ0n) is 31.6. The van der Waals surface area contributed by atoms with Gasteiger partial charge in [-0.25, -0.2) is 0 Å². The summed E-state index contributed by atoms with van der Waals surface area (Å²) < 4.78 is 23.2. The number of rotatable bonds is 9. The van der Waals surface area contributed by atoms with Gasteiger partial charge in [-0.3, -0.25) is 9.59 Å². The summed E-state index contributed by atoms with van der Waals surface area (Å²) >= 11 is 0. The first-order valence-electron chi connectivity index (χ1n) is 19.2. The maximum absolute atomic E-state index is 14.5. The third-order valence-corrected chi connectivity index (χ3v) is 15.8. The molecule has 0 radical (unpaired) electrons. The van der Waals surface area contributed by atoms with Crippen molar-refractivity contribution in [3.05, 3.63) is 11.6 Å². The topological polar surface area (TPSA) is 169 Å². The normalized spacial score (nSPS) is 47.7. The van der Waals surface area contributed by atoms with Crippen LogP contribution >= 0.6 is 0 Å². The van der Waals surface area contributed by atoms with Gasteiger partial charge in [-0.1, -0.05) is 60.1 Å². The molecule has 0 bridgehead atoms. The van der Waals surface area contributed by atoms with Crippen LogP contribution in [0.5, 0.6) is 0 Å². The van der Waals surface area contributed by atoms with Gasteiger partial charge in [0.25, 0.3) is 0 Å². The second kappa shape index (κ2) is 13.5. The number of hydrogen-bond acceptors (Lipinski definition) is 11. The molecule has 0 aromatic heterocycles. The standard InChI is InChI=1S/C40H62O11/c1-35(2)14-16-40(34(47)51-33-32(46)31(45)30(44)25(21-42)49-33)17-15-38(6)23(24(40)20-35)8-9-27-37(5)12-11-28(50-29(22-43)48-19-18-41)36(3,4)26(37)10-13-39(27,38)7/h8,18,22,24-33,42,44-46H,9-17,19-21H2,1-7H3/t24-,25+,26-,27-,28+,29-,30+,31-,32+,33-,37+,38-,39-,40+/m1/s1. The van der Waals surface area contributed by atoms with Gasteiger partial charge in [-0.15, -0.1) is 0 Å². The summed E-state index contributed by atoms with van der Waals surface area (Å²) in [5.41, 5.74) is 0.151. The number of aldehydes is 2. The molecule has 0 unspecified atom stereocenters. The average molecular weight is 719 g/mol. The van der Waals surface area contributed by atoms with Crippen molar-refractivity contribution in [2.75, 3.05) is 13.2 Å². The summed E-state index contributed by atoms with van der Waals surface area (Å²) in [6.07, 6.45) is 3.50. The van der Waals surface area contributed by atoms with Gasteiger partial charge in [0.2, 0.25) is 12.6 Å². The fraction of sp³-hybridized carbons (Fsp3) is 0.875. The van der Waals surface area contributed by atoms with Crippen molar-refractivity contribution in [1.82, 2.24) is 0 Å². The van der Waals surface area contributed by atoms with Crippen LogP contribution in [0, 0.1) is 50.2 Å². The Morgan fingerprint density at radius 2 is 1.63 bits per heavy atom. The predicted octanol–water partition coefficient (Wildman–Crippen LogP) is 4.26. The lowest BCUT2D eigenvalue weighted by Crippen LogP contribution is -2.65. The molecule has 6 rings (SSSR count). The van der Waals surface area contributed by atoms with E-state index in [9.17, 15) is 34.8 Å². The fourth-order valence-corrected chi connectivity index (χ4v) is 12.6. The van der Waals surface area contributed by atoms with Crippen LogP contribution in [0.1, 0.15) is 113 Å². The van der Waals surface area contributed by atoms with E-state index in [1.165, 1.54) is 5.57 Å². The molecule has 4 N–H and O–H groups in total. The van der Waals surface area contributed by atoms with E-state index < -0.39 is 55.0 Å². The highest BCUT2D eigenvalue weighted by Gasteiger charge is 2.70. The van der Waals surface area contributed by atoms with Gasteiger partial charge in [-0.05, 0) is 109 Å². The smallest absolute Gasteiger partial charge is 0.315 e. The van der Waals surface area contributed by atoms with Gasteiger partial charge in [0, 0.05) is 0 Å². The zero-order chi connectivity index (χ0) is 37.4. The number of carbonyl (C=O) groups excluding carboxylic acids is 3. The highest BCUT2D eigenvalue weighted by molar-refractivity contribution is 5.79. The molecule has 51 heavy (non-hydrogen) atoms. The third-order valence-electron chi connectivity index (χ3n) is 15.8. The molecular weight excluding hydrogens is 656 g/mol. The fourth-order valence-electron chi connectivity index (χ4n) is 12.6. The molecule has 1 aliphatic heterocycles. The number of aliphatic hydroxyl groups excluding tert-OH is 4. The molecular formula is C40H62O11. The first-order valence-corrected chi connectivity index (χ1v) is 19.2. The van der Waals surface area contributed by atoms with Crippen molar-refractivity contribution in [3.8, 4) is 0 Å². The van der Waals surface area contributed by atoms with Gasteiger partial charge in [0.05, 0.1) is 18.1 Å². The molecule has 5 fully saturated rings. The molecule has 1 saturated heterocycles. The minimum Gasteiger partial charge on any atom is -0.432 e. The van der Waals surface area contributed by atoms with Crippen molar-refractivity contribution in [2.24, 2.45) is 50.2 Å². The summed E-state index contributed by atoms with van der Waals surface area (Å²) in [5, 5.41) is 41.2. The van der Waals surface area contributed by atoms with Gasteiger partial charge < -0.3 is 44.2 Å². The Labute approximate surface area is 302 Å². The van der Waals surface area contributed by atoms with Crippen molar-refractivity contribution >= 4 is 18.5 Å². The van der Waals surface area contributed by atoms with Crippen molar-refractivity contribution in [3.63, 3.8) is 0 Å². The van der Waals surface area contributed by atoms with Crippen molar-refractivity contribution in [1.29, 1.82) is 0 Å². The predicted molar refractivity (Wildman–Crippen MR) is 186 cm³/mol. The minimum absolute atomic E-state index is 0.00921. The first kappa shape index (κ1) is 39.0. The maximum Gasteiger partial charge on any atom is 0.315 e. The monoisotopic (exact) mass is 718 g/mol. The molecule has 11 nitrogen and oxygen atoms in total. The summed E-state index contributed by atoms with van der Waals surface area (Å²) in [6, 6.07) is 0. The Morgan fingerprint density at radius 3 is 2.29 bits per heavy atom. The number of hydrogen-bond donors (Lipinski definition) is 4. The van der Waals surface area contributed by atoms with E-state index >= 15 is 0 Å². The summed E-state index contributed by atoms with van der Waals surface area (Å²) in [5.74, 6) is 0.247. The largest absolute Gasteiger partial charge is 0.432 e. The van der Waals surface area contributed by atoms with Gasteiger partial charge >= 0.3 is 5.97 Å². The molecule has 1 heterocycles. The van der Waals surface area contributed by atoms with Crippen LogP contribution in [-0.2, 0) is 33.3 Å². The Balaban J connectivity index is 1.30.